The van der Waals surface area contributed by atoms with E-state index in [1.54, 1.807) is 11.3 Å². The maximum atomic E-state index is 12.9. The molecule has 2 atom stereocenters. The molecule has 2 unspecified atom stereocenters. The number of nitrogens with zero attached hydrogens (tertiary/aromatic N) is 2. The maximum absolute atomic E-state index is 12.9. The third-order valence-electron chi connectivity index (χ3n) is 2.38. The van der Waals surface area contributed by atoms with Crippen LogP contribution < -0.4 is 10.6 Å². The molecule has 0 aliphatic carbocycles. The van der Waals surface area contributed by atoms with Crippen LogP contribution >= 0.6 is 11.3 Å². The lowest BCUT2D eigenvalue weighted by Crippen LogP contribution is -2.19. The van der Waals surface area contributed by atoms with Crippen molar-refractivity contribution in [1.82, 2.24) is 4.98 Å². The minimum absolute atomic E-state index is 0.0382. The number of hydrogen-bond acceptors (Lipinski definition) is 4. The number of hydrogen-bond donors (Lipinski definition) is 1. The molecule has 3 nitrogen and oxygen atoms in total. The number of rotatable bonds is 2. The standard InChI is InChI=1S/C9H14FN3S/c1-6(11)8-5-14-9(12-8)13-3-2-7(10)4-13/h5-7H,2-4,11H2,1H3. The third-order valence-corrected chi connectivity index (χ3v) is 3.30. The number of thiazole rings is 1. The van der Waals surface area contributed by atoms with Gasteiger partial charge in [-0.15, -0.1) is 11.3 Å². The Morgan fingerprint density at radius 1 is 1.79 bits per heavy atom. The zero-order valence-corrected chi connectivity index (χ0v) is 8.93. The number of anilines is 1. The lowest BCUT2D eigenvalue weighted by molar-refractivity contribution is 0.364. The monoisotopic (exact) mass is 215 g/mol. The first kappa shape index (κ1) is 9.86. The molecule has 5 heteroatoms. The van der Waals surface area contributed by atoms with Gasteiger partial charge in [-0.3, -0.25) is 0 Å². The molecule has 1 aliphatic rings. The highest BCUT2D eigenvalue weighted by Gasteiger charge is 2.24. The molecule has 1 aromatic rings. The van der Waals surface area contributed by atoms with Crippen molar-refractivity contribution in [2.24, 2.45) is 5.73 Å². The summed E-state index contributed by atoms with van der Waals surface area (Å²) in [6.07, 6.45) is -0.0785. The van der Waals surface area contributed by atoms with Gasteiger partial charge >= 0.3 is 0 Å². The van der Waals surface area contributed by atoms with Gasteiger partial charge in [0.1, 0.15) is 6.17 Å². The van der Waals surface area contributed by atoms with E-state index in [4.69, 9.17) is 5.73 Å². The van der Waals surface area contributed by atoms with Crippen molar-refractivity contribution >= 4 is 16.5 Å². The molecule has 1 fully saturated rings. The second-order valence-corrected chi connectivity index (χ2v) is 4.51. The Hall–Kier alpha value is -0.680. The van der Waals surface area contributed by atoms with Crippen LogP contribution in [0.5, 0.6) is 0 Å². The fourth-order valence-corrected chi connectivity index (χ4v) is 2.49. The smallest absolute Gasteiger partial charge is 0.185 e. The lowest BCUT2D eigenvalue weighted by atomic mass is 10.3. The van der Waals surface area contributed by atoms with E-state index in [1.807, 2.05) is 17.2 Å². The largest absolute Gasteiger partial charge is 0.345 e. The second-order valence-electron chi connectivity index (χ2n) is 3.68. The molecule has 1 saturated heterocycles. The molecule has 2 heterocycles. The summed E-state index contributed by atoms with van der Waals surface area (Å²) in [5, 5.41) is 2.85. The summed E-state index contributed by atoms with van der Waals surface area (Å²) < 4.78 is 12.9. The summed E-state index contributed by atoms with van der Waals surface area (Å²) in [6.45, 7) is 3.15. The minimum Gasteiger partial charge on any atom is -0.345 e. The Bertz CT molecular complexity index is 313. The van der Waals surface area contributed by atoms with Gasteiger partial charge in [-0.25, -0.2) is 9.37 Å². The van der Waals surface area contributed by atoms with E-state index >= 15 is 0 Å². The van der Waals surface area contributed by atoms with Crippen LogP contribution in [-0.4, -0.2) is 24.2 Å². The number of aromatic nitrogens is 1. The number of nitrogens with two attached hydrogens (primary N) is 1. The Kier molecular flexibility index (Phi) is 2.69. The quantitative estimate of drug-likeness (QED) is 0.816. The summed E-state index contributed by atoms with van der Waals surface area (Å²) in [5.41, 5.74) is 6.60. The van der Waals surface area contributed by atoms with Crippen molar-refractivity contribution in [2.45, 2.75) is 25.6 Å². The van der Waals surface area contributed by atoms with Crippen molar-refractivity contribution in [3.8, 4) is 0 Å². The Morgan fingerprint density at radius 2 is 2.57 bits per heavy atom. The van der Waals surface area contributed by atoms with Crippen molar-refractivity contribution in [3.63, 3.8) is 0 Å². The summed E-state index contributed by atoms with van der Waals surface area (Å²) in [6, 6.07) is -0.0382. The first-order valence-electron chi connectivity index (χ1n) is 4.77. The molecule has 14 heavy (non-hydrogen) atoms. The van der Waals surface area contributed by atoms with Crippen LogP contribution in [0, 0.1) is 0 Å². The van der Waals surface area contributed by atoms with Crippen molar-refractivity contribution in [3.05, 3.63) is 11.1 Å². The molecule has 0 spiro atoms. The van der Waals surface area contributed by atoms with Crippen molar-refractivity contribution in [2.75, 3.05) is 18.0 Å². The Morgan fingerprint density at radius 3 is 3.07 bits per heavy atom. The van der Waals surface area contributed by atoms with E-state index < -0.39 is 6.17 Å². The molecule has 0 amide bonds. The first-order chi connectivity index (χ1) is 6.66. The van der Waals surface area contributed by atoms with Crippen LogP contribution in [0.15, 0.2) is 5.38 Å². The van der Waals surface area contributed by atoms with Gasteiger partial charge in [-0.1, -0.05) is 0 Å². The van der Waals surface area contributed by atoms with Crippen LogP contribution in [0.25, 0.3) is 0 Å². The average Bonchev–Trinajstić information content (AvgIpc) is 2.70. The SMILES string of the molecule is CC(N)c1csc(N2CCC(F)C2)n1. The molecule has 1 aromatic heterocycles. The molecule has 2 rings (SSSR count). The minimum atomic E-state index is -0.697. The predicted molar refractivity (Wildman–Crippen MR) is 56.4 cm³/mol. The van der Waals surface area contributed by atoms with Crippen LogP contribution in [0.2, 0.25) is 0 Å². The molecule has 78 valence electrons. The van der Waals surface area contributed by atoms with Crippen LogP contribution in [0.4, 0.5) is 9.52 Å². The highest BCUT2D eigenvalue weighted by Crippen LogP contribution is 2.26. The van der Waals surface area contributed by atoms with Crippen LogP contribution in [0.3, 0.4) is 0 Å². The number of alkyl halides is 1. The Labute approximate surface area is 86.7 Å². The zero-order chi connectivity index (χ0) is 10.1. The van der Waals surface area contributed by atoms with E-state index in [1.165, 1.54) is 0 Å². The molecule has 0 saturated carbocycles. The third kappa shape index (κ3) is 1.88. The lowest BCUT2D eigenvalue weighted by Gasteiger charge is -2.12. The first-order valence-corrected chi connectivity index (χ1v) is 5.65. The molecule has 2 N–H and O–H groups in total. The average molecular weight is 215 g/mol. The summed E-state index contributed by atoms with van der Waals surface area (Å²) in [4.78, 5) is 6.37. The summed E-state index contributed by atoms with van der Waals surface area (Å²) in [5.74, 6) is 0. The highest BCUT2D eigenvalue weighted by atomic mass is 32.1. The fraction of sp³-hybridized carbons (Fsp3) is 0.667. The van der Waals surface area contributed by atoms with E-state index in [2.05, 4.69) is 4.98 Å². The Balaban J connectivity index is 2.09. The van der Waals surface area contributed by atoms with Gasteiger partial charge in [0.2, 0.25) is 0 Å². The van der Waals surface area contributed by atoms with Gasteiger partial charge in [-0.2, -0.15) is 0 Å². The zero-order valence-electron chi connectivity index (χ0n) is 8.11. The van der Waals surface area contributed by atoms with Crippen LogP contribution in [0.1, 0.15) is 25.1 Å². The molecular weight excluding hydrogens is 201 g/mol. The second kappa shape index (κ2) is 3.82. The van der Waals surface area contributed by atoms with E-state index in [9.17, 15) is 4.39 Å². The van der Waals surface area contributed by atoms with E-state index in [-0.39, 0.29) is 6.04 Å². The molecule has 1 aliphatic heterocycles. The highest BCUT2D eigenvalue weighted by molar-refractivity contribution is 7.13. The van der Waals surface area contributed by atoms with Gasteiger partial charge < -0.3 is 10.6 Å². The maximum Gasteiger partial charge on any atom is 0.185 e. The fourth-order valence-electron chi connectivity index (χ4n) is 1.52. The topological polar surface area (TPSA) is 42.1 Å². The van der Waals surface area contributed by atoms with Crippen molar-refractivity contribution < 1.29 is 4.39 Å². The van der Waals surface area contributed by atoms with Gasteiger partial charge in [-0.05, 0) is 13.3 Å². The van der Waals surface area contributed by atoms with E-state index in [0.29, 0.717) is 13.0 Å². The summed E-state index contributed by atoms with van der Waals surface area (Å²) in [7, 11) is 0. The predicted octanol–water partition coefficient (Wildman–Crippen LogP) is 1.71. The number of halogens is 1. The van der Waals surface area contributed by atoms with Crippen LogP contribution in [-0.2, 0) is 0 Å². The van der Waals surface area contributed by atoms with Crippen molar-refractivity contribution in [1.29, 1.82) is 0 Å². The summed E-state index contributed by atoms with van der Waals surface area (Å²) >= 11 is 1.55. The molecule has 0 bridgehead atoms. The van der Waals surface area contributed by atoms with E-state index in [0.717, 1.165) is 17.4 Å². The molecule has 0 aromatic carbocycles. The molecular formula is C9H14FN3S. The molecule has 0 radical (unpaired) electrons. The van der Waals surface area contributed by atoms with Gasteiger partial charge in [0.05, 0.1) is 12.2 Å². The van der Waals surface area contributed by atoms with Gasteiger partial charge in [0, 0.05) is 18.0 Å². The van der Waals surface area contributed by atoms with Gasteiger partial charge in [0.15, 0.2) is 5.13 Å². The normalized spacial score (nSPS) is 24.2. The van der Waals surface area contributed by atoms with Gasteiger partial charge in [0.25, 0.3) is 0 Å².